The van der Waals surface area contributed by atoms with Gasteiger partial charge in [-0.25, -0.2) is 0 Å². The molecule has 0 saturated heterocycles. The van der Waals surface area contributed by atoms with Crippen molar-refractivity contribution in [1.29, 1.82) is 0 Å². The predicted molar refractivity (Wildman–Crippen MR) is 59.0 cm³/mol. The molecule has 0 aliphatic heterocycles. The highest BCUT2D eigenvalue weighted by molar-refractivity contribution is 5.84. The van der Waals surface area contributed by atoms with Gasteiger partial charge in [-0.15, -0.1) is 0 Å². The summed E-state index contributed by atoms with van der Waals surface area (Å²) in [5.41, 5.74) is 4.75. The fourth-order valence-electron chi connectivity index (χ4n) is 1.29. The van der Waals surface area contributed by atoms with E-state index < -0.39 is 5.54 Å². The van der Waals surface area contributed by atoms with Gasteiger partial charge >= 0.3 is 0 Å². The van der Waals surface area contributed by atoms with E-state index in [0.717, 1.165) is 6.54 Å². The molecular formula is C10H23N3O. The number of likely N-dealkylation sites (N-methyl/N-ethyl adjacent to an activating group) is 2. The standard InChI is InChI=1S/C10H23N3O/c1-6-12-10(4,9(11)14)7-13(5)8(2)3/h8,12H,6-7H2,1-5H3,(H2,11,14). The fourth-order valence-corrected chi connectivity index (χ4v) is 1.29. The Labute approximate surface area is 86.8 Å². The van der Waals surface area contributed by atoms with E-state index in [-0.39, 0.29) is 5.91 Å². The third kappa shape index (κ3) is 3.64. The molecule has 84 valence electrons. The Balaban J connectivity index is 4.44. The summed E-state index contributed by atoms with van der Waals surface area (Å²) < 4.78 is 0. The van der Waals surface area contributed by atoms with Crippen molar-refractivity contribution in [2.45, 2.75) is 39.3 Å². The number of hydrogen-bond donors (Lipinski definition) is 2. The summed E-state index contributed by atoms with van der Waals surface area (Å²) in [6, 6.07) is 0.410. The fraction of sp³-hybridized carbons (Fsp3) is 0.900. The first-order valence-electron chi connectivity index (χ1n) is 5.08. The maximum Gasteiger partial charge on any atom is 0.238 e. The van der Waals surface area contributed by atoms with Crippen molar-refractivity contribution >= 4 is 5.91 Å². The summed E-state index contributed by atoms with van der Waals surface area (Å²) in [4.78, 5) is 13.4. The number of nitrogens with two attached hydrogens (primary N) is 1. The molecule has 4 heteroatoms. The topological polar surface area (TPSA) is 58.4 Å². The van der Waals surface area contributed by atoms with Crippen LogP contribution in [0.2, 0.25) is 0 Å². The van der Waals surface area contributed by atoms with Gasteiger partial charge in [0, 0.05) is 12.6 Å². The number of nitrogens with one attached hydrogen (secondary N) is 1. The summed E-state index contributed by atoms with van der Waals surface area (Å²) in [7, 11) is 1.99. The molecule has 0 rings (SSSR count). The zero-order valence-corrected chi connectivity index (χ0v) is 9.92. The molecule has 0 heterocycles. The van der Waals surface area contributed by atoms with Crippen molar-refractivity contribution in [3.05, 3.63) is 0 Å². The Kier molecular flexibility index (Phi) is 5.08. The highest BCUT2D eigenvalue weighted by atomic mass is 16.1. The average molecular weight is 201 g/mol. The van der Waals surface area contributed by atoms with Crippen LogP contribution < -0.4 is 11.1 Å². The van der Waals surface area contributed by atoms with E-state index in [1.54, 1.807) is 0 Å². The molecule has 4 nitrogen and oxygen atoms in total. The Morgan fingerprint density at radius 2 is 2.07 bits per heavy atom. The molecule has 1 unspecified atom stereocenters. The molecule has 1 amide bonds. The van der Waals surface area contributed by atoms with Crippen molar-refractivity contribution < 1.29 is 4.79 Å². The molecule has 0 spiro atoms. The zero-order chi connectivity index (χ0) is 11.4. The molecule has 0 bridgehead atoms. The van der Waals surface area contributed by atoms with Gasteiger partial charge in [-0.2, -0.15) is 0 Å². The zero-order valence-electron chi connectivity index (χ0n) is 9.92. The van der Waals surface area contributed by atoms with Crippen LogP contribution in [0.15, 0.2) is 0 Å². The monoisotopic (exact) mass is 201 g/mol. The average Bonchev–Trinajstić information content (AvgIpc) is 2.03. The van der Waals surface area contributed by atoms with Gasteiger partial charge < -0.3 is 16.0 Å². The lowest BCUT2D eigenvalue weighted by Crippen LogP contribution is -2.59. The Bertz CT molecular complexity index is 194. The second-order valence-electron chi connectivity index (χ2n) is 4.24. The first-order valence-corrected chi connectivity index (χ1v) is 5.08. The lowest BCUT2D eigenvalue weighted by atomic mass is 10.0. The molecular weight excluding hydrogens is 178 g/mol. The van der Waals surface area contributed by atoms with Crippen molar-refractivity contribution in [3.63, 3.8) is 0 Å². The molecule has 0 aromatic carbocycles. The highest BCUT2D eigenvalue weighted by Crippen LogP contribution is 2.07. The maximum absolute atomic E-state index is 11.3. The van der Waals surface area contributed by atoms with Crippen LogP contribution in [-0.2, 0) is 4.79 Å². The second-order valence-corrected chi connectivity index (χ2v) is 4.24. The van der Waals surface area contributed by atoms with Crippen molar-refractivity contribution in [2.24, 2.45) is 5.73 Å². The Morgan fingerprint density at radius 1 is 1.57 bits per heavy atom. The van der Waals surface area contributed by atoms with E-state index in [1.165, 1.54) is 0 Å². The number of nitrogens with zero attached hydrogens (tertiary/aromatic N) is 1. The number of hydrogen-bond acceptors (Lipinski definition) is 3. The summed E-state index contributed by atoms with van der Waals surface area (Å²) in [5.74, 6) is -0.299. The van der Waals surface area contributed by atoms with Crippen molar-refractivity contribution in [3.8, 4) is 0 Å². The molecule has 0 saturated carbocycles. The molecule has 0 fully saturated rings. The first kappa shape index (κ1) is 13.4. The van der Waals surface area contributed by atoms with E-state index in [9.17, 15) is 4.79 Å². The first-order chi connectivity index (χ1) is 6.33. The Morgan fingerprint density at radius 3 is 2.36 bits per heavy atom. The van der Waals surface area contributed by atoms with Crippen LogP contribution in [0.5, 0.6) is 0 Å². The minimum absolute atomic E-state index is 0.299. The molecule has 0 radical (unpaired) electrons. The van der Waals surface area contributed by atoms with Crippen LogP contribution in [-0.4, -0.2) is 42.5 Å². The largest absolute Gasteiger partial charge is 0.368 e. The van der Waals surface area contributed by atoms with Gasteiger partial charge in [0.1, 0.15) is 5.54 Å². The van der Waals surface area contributed by atoms with Crippen LogP contribution in [0, 0.1) is 0 Å². The van der Waals surface area contributed by atoms with Gasteiger partial charge in [0.25, 0.3) is 0 Å². The van der Waals surface area contributed by atoms with Crippen LogP contribution in [0.25, 0.3) is 0 Å². The summed E-state index contributed by atoms with van der Waals surface area (Å²) >= 11 is 0. The van der Waals surface area contributed by atoms with E-state index in [1.807, 2.05) is 20.9 Å². The molecule has 0 aromatic heterocycles. The third-order valence-electron chi connectivity index (χ3n) is 2.56. The summed E-state index contributed by atoms with van der Waals surface area (Å²) in [5, 5.41) is 3.13. The third-order valence-corrected chi connectivity index (χ3v) is 2.56. The van der Waals surface area contributed by atoms with Crippen LogP contribution >= 0.6 is 0 Å². The molecule has 0 aliphatic carbocycles. The molecule has 0 aromatic rings. The second kappa shape index (κ2) is 5.32. The van der Waals surface area contributed by atoms with E-state index >= 15 is 0 Å². The maximum atomic E-state index is 11.3. The summed E-state index contributed by atoms with van der Waals surface area (Å²) in [6.07, 6.45) is 0. The van der Waals surface area contributed by atoms with Gasteiger partial charge in [-0.1, -0.05) is 6.92 Å². The quantitative estimate of drug-likeness (QED) is 0.644. The Hall–Kier alpha value is -0.610. The SMILES string of the molecule is CCNC(C)(CN(C)C(C)C)C(N)=O. The van der Waals surface area contributed by atoms with Gasteiger partial charge in [-0.3, -0.25) is 4.79 Å². The molecule has 0 aliphatic rings. The smallest absolute Gasteiger partial charge is 0.238 e. The van der Waals surface area contributed by atoms with Crippen molar-refractivity contribution in [1.82, 2.24) is 10.2 Å². The van der Waals surface area contributed by atoms with Crippen molar-refractivity contribution in [2.75, 3.05) is 20.1 Å². The number of amides is 1. The number of primary amides is 1. The van der Waals surface area contributed by atoms with Crippen LogP contribution in [0.1, 0.15) is 27.7 Å². The number of carbonyl (C=O) groups excluding carboxylic acids is 1. The normalized spacial score (nSPS) is 15.9. The van der Waals surface area contributed by atoms with Gasteiger partial charge in [0.2, 0.25) is 5.91 Å². The van der Waals surface area contributed by atoms with Gasteiger partial charge in [-0.05, 0) is 34.4 Å². The minimum atomic E-state index is -0.631. The molecule has 3 N–H and O–H groups in total. The van der Waals surface area contributed by atoms with E-state index in [4.69, 9.17) is 5.73 Å². The lowest BCUT2D eigenvalue weighted by molar-refractivity contribution is -0.124. The van der Waals surface area contributed by atoms with Gasteiger partial charge in [0.15, 0.2) is 0 Å². The molecule has 14 heavy (non-hydrogen) atoms. The lowest BCUT2D eigenvalue weighted by Gasteiger charge is -2.33. The van der Waals surface area contributed by atoms with E-state index in [0.29, 0.717) is 12.6 Å². The highest BCUT2D eigenvalue weighted by Gasteiger charge is 2.31. The number of rotatable bonds is 6. The summed E-state index contributed by atoms with van der Waals surface area (Å²) in [6.45, 7) is 9.37. The minimum Gasteiger partial charge on any atom is -0.368 e. The predicted octanol–water partition coefficient (Wildman–Crippen LogP) is 0.180. The number of carbonyl (C=O) groups is 1. The van der Waals surface area contributed by atoms with Gasteiger partial charge in [0.05, 0.1) is 0 Å². The molecule has 1 atom stereocenters. The van der Waals surface area contributed by atoms with E-state index in [2.05, 4.69) is 24.1 Å². The van der Waals surface area contributed by atoms with Crippen LogP contribution in [0.4, 0.5) is 0 Å². The van der Waals surface area contributed by atoms with Crippen LogP contribution in [0.3, 0.4) is 0 Å².